The summed E-state index contributed by atoms with van der Waals surface area (Å²) in [6, 6.07) is 15.0. The van der Waals surface area contributed by atoms with E-state index in [9.17, 15) is 5.26 Å². The van der Waals surface area contributed by atoms with Crippen LogP contribution in [0.3, 0.4) is 0 Å². The van der Waals surface area contributed by atoms with E-state index in [1.54, 1.807) is 0 Å². The summed E-state index contributed by atoms with van der Waals surface area (Å²) in [5.74, 6) is 2.55. The van der Waals surface area contributed by atoms with Crippen molar-refractivity contribution in [2.45, 2.75) is 30.9 Å². The van der Waals surface area contributed by atoms with Gasteiger partial charge in [-0.1, -0.05) is 31.2 Å². The molecule has 3 aromatic rings. The van der Waals surface area contributed by atoms with Crippen LogP contribution >= 0.6 is 11.8 Å². The minimum Gasteiger partial charge on any atom is -0.486 e. The molecule has 144 valence electrons. The van der Waals surface area contributed by atoms with E-state index >= 15 is 0 Å². The van der Waals surface area contributed by atoms with Gasteiger partial charge in [-0.3, -0.25) is 0 Å². The third-order valence-corrected chi connectivity index (χ3v) is 6.21. The van der Waals surface area contributed by atoms with E-state index in [1.807, 2.05) is 17.8 Å². The Morgan fingerprint density at radius 3 is 2.79 bits per heavy atom. The van der Waals surface area contributed by atoms with Gasteiger partial charge in [-0.25, -0.2) is 0 Å². The number of hydrogen-bond donors (Lipinski definition) is 1. The molecule has 1 aliphatic heterocycles. The summed E-state index contributed by atoms with van der Waals surface area (Å²) in [6.45, 7) is 3.37. The monoisotopic (exact) mass is 392 g/mol. The van der Waals surface area contributed by atoms with Crippen LogP contribution in [-0.4, -0.2) is 24.5 Å². The minimum atomic E-state index is -0.304. The molecule has 2 heterocycles. The first kappa shape index (κ1) is 18.8. The molecule has 4 nitrogen and oxygen atoms in total. The Balaban J connectivity index is 1.85. The maximum absolute atomic E-state index is 9.29. The molecule has 0 fully saturated rings. The fourth-order valence-corrected chi connectivity index (χ4v) is 4.63. The molecule has 0 saturated carbocycles. The predicted molar refractivity (Wildman–Crippen MR) is 114 cm³/mol. The maximum atomic E-state index is 9.29. The largest absolute Gasteiger partial charge is 0.486 e. The van der Waals surface area contributed by atoms with Crippen LogP contribution in [0.2, 0.25) is 0 Å². The second kappa shape index (κ2) is 7.81. The van der Waals surface area contributed by atoms with Crippen LogP contribution < -0.4 is 9.47 Å². The molecule has 1 aromatic heterocycles. The quantitative estimate of drug-likeness (QED) is 0.609. The molecule has 0 spiro atoms. The normalized spacial score (nSPS) is 15.2. The molecular formula is C23H24N2O2S. The second-order valence-electron chi connectivity index (χ2n) is 7.32. The minimum absolute atomic E-state index is 0.304. The van der Waals surface area contributed by atoms with Crippen LogP contribution in [-0.2, 0) is 11.2 Å². The maximum Gasteiger partial charge on any atom is 0.161 e. The first-order valence-corrected chi connectivity index (χ1v) is 10.9. The summed E-state index contributed by atoms with van der Waals surface area (Å²) in [6.07, 6.45) is 5.46. The number of H-pyrrole nitrogens is 1. The Bertz CT molecular complexity index is 1040. The number of para-hydroxylation sites is 1. The van der Waals surface area contributed by atoms with E-state index in [-0.39, 0.29) is 5.41 Å². The van der Waals surface area contributed by atoms with Gasteiger partial charge in [0.05, 0.1) is 6.07 Å². The Morgan fingerprint density at radius 1 is 1.18 bits per heavy atom. The molecule has 1 atom stereocenters. The lowest BCUT2D eigenvalue weighted by molar-refractivity contribution is 0.171. The SMILES string of the molecule is CSCc1cccc2c(C(C)(CCC#N)c3ccc4c(c3)OCCO4)c[nH]c12. The molecule has 1 aliphatic rings. The van der Waals surface area contributed by atoms with Gasteiger partial charge in [0.25, 0.3) is 0 Å². The topological polar surface area (TPSA) is 58.0 Å². The van der Waals surface area contributed by atoms with Gasteiger partial charge in [0, 0.05) is 34.7 Å². The Morgan fingerprint density at radius 2 is 2.00 bits per heavy atom. The van der Waals surface area contributed by atoms with E-state index in [0.29, 0.717) is 19.6 Å². The van der Waals surface area contributed by atoms with Crippen molar-refractivity contribution < 1.29 is 9.47 Å². The molecule has 1 N–H and O–H groups in total. The highest BCUT2D eigenvalue weighted by molar-refractivity contribution is 7.97. The van der Waals surface area contributed by atoms with Crippen LogP contribution in [0, 0.1) is 11.3 Å². The second-order valence-corrected chi connectivity index (χ2v) is 8.19. The molecule has 4 rings (SSSR count). The molecule has 0 saturated heterocycles. The molecule has 28 heavy (non-hydrogen) atoms. The summed E-state index contributed by atoms with van der Waals surface area (Å²) < 4.78 is 11.5. The van der Waals surface area contributed by atoms with Crippen molar-refractivity contribution in [3.8, 4) is 17.6 Å². The number of ether oxygens (including phenoxy) is 2. The lowest BCUT2D eigenvalue weighted by Crippen LogP contribution is -2.24. The molecule has 0 amide bonds. The fourth-order valence-electron chi connectivity index (χ4n) is 4.08. The van der Waals surface area contributed by atoms with Crippen molar-refractivity contribution in [1.29, 1.82) is 5.26 Å². The lowest BCUT2D eigenvalue weighted by Gasteiger charge is -2.31. The van der Waals surface area contributed by atoms with E-state index in [2.05, 4.69) is 60.8 Å². The highest BCUT2D eigenvalue weighted by atomic mass is 32.2. The smallest absolute Gasteiger partial charge is 0.161 e. The average Bonchev–Trinajstić information content (AvgIpc) is 3.18. The molecule has 1 unspecified atom stereocenters. The van der Waals surface area contributed by atoms with Gasteiger partial charge in [-0.15, -0.1) is 0 Å². The lowest BCUT2D eigenvalue weighted by atomic mass is 9.73. The highest BCUT2D eigenvalue weighted by Crippen LogP contribution is 2.43. The van der Waals surface area contributed by atoms with Crippen LogP contribution in [0.4, 0.5) is 0 Å². The van der Waals surface area contributed by atoms with Crippen molar-refractivity contribution in [3.05, 3.63) is 59.3 Å². The van der Waals surface area contributed by atoms with Crippen molar-refractivity contribution >= 4 is 22.7 Å². The predicted octanol–water partition coefficient (Wildman–Crippen LogP) is 5.41. The van der Waals surface area contributed by atoms with Crippen molar-refractivity contribution in [1.82, 2.24) is 4.98 Å². The zero-order valence-electron chi connectivity index (χ0n) is 16.2. The summed E-state index contributed by atoms with van der Waals surface area (Å²) in [7, 11) is 0. The van der Waals surface area contributed by atoms with Crippen molar-refractivity contribution in [2.24, 2.45) is 0 Å². The van der Waals surface area contributed by atoms with Crippen LogP contribution in [0.15, 0.2) is 42.6 Å². The van der Waals surface area contributed by atoms with Gasteiger partial charge in [0.1, 0.15) is 13.2 Å². The van der Waals surface area contributed by atoms with E-state index < -0.39 is 0 Å². The third kappa shape index (κ3) is 3.22. The Kier molecular flexibility index (Phi) is 5.23. The molecular weight excluding hydrogens is 368 g/mol. The Labute approximate surface area is 169 Å². The number of thioether (sulfide) groups is 1. The van der Waals surface area contributed by atoms with Gasteiger partial charge in [-0.2, -0.15) is 17.0 Å². The highest BCUT2D eigenvalue weighted by Gasteiger charge is 2.32. The van der Waals surface area contributed by atoms with Crippen molar-refractivity contribution in [3.63, 3.8) is 0 Å². The first-order chi connectivity index (χ1) is 13.7. The van der Waals surface area contributed by atoms with E-state index in [1.165, 1.54) is 22.0 Å². The van der Waals surface area contributed by atoms with Crippen LogP contribution in [0.1, 0.15) is 36.5 Å². The van der Waals surface area contributed by atoms with Gasteiger partial charge in [0.15, 0.2) is 11.5 Å². The standard InChI is InChI=1S/C23H24N2O2S/c1-23(9-4-10-24,17-7-8-20-21(13-17)27-12-11-26-20)19-14-25-22-16(15-28-2)5-3-6-18(19)22/h3,5-8,13-14,25H,4,9,11-12,15H2,1-2H3. The van der Waals surface area contributed by atoms with Crippen molar-refractivity contribution in [2.75, 3.05) is 19.5 Å². The number of aromatic amines is 1. The number of nitrogens with zero attached hydrogens (tertiary/aromatic N) is 1. The number of benzene rings is 2. The van der Waals surface area contributed by atoms with E-state index in [4.69, 9.17) is 9.47 Å². The molecule has 0 radical (unpaired) electrons. The van der Waals surface area contributed by atoms with Gasteiger partial charge >= 0.3 is 0 Å². The summed E-state index contributed by atoms with van der Waals surface area (Å²) >= 11 is 1.82. The number of nitrogens with one attached hydrogen (secondary N) is 1. The van der Waals surface area contributed by atoms with Gasteiger partial charge in [0.2, 0.25) is 0 Å². The molecule has 0 aliphatic carbocycles. The molecule has 5 heteroatoms. The Hall–Kier alpha value is -2.58. The van der Waals surface area contributed by atoms with Crippen LogP contribution in [0.25, 0.3) is 10.9 Å². The fraction of sp³-hybridized carbons (Fsp3) is 0.348. The van der Waals surface area contributed by atoms with E-state index in [0.717, 1.165) is 29.2 Å². The number of nitriles is 1. The summed E-state index contributed by atoms with van der Waals surface area (Å²) in [5.41, 5.74) is 4.55. The van der Waals surface area contributed by atoms with Gasteiger partial charge < -0.3 is 14.5 Å². The van der Waals surface area contributed by atoms with Crippen LogP contribution in [0.5, 0.6) is 11.5 Å². The zero-order chi connectivity index (χ0) is 19.6. The summed E-state index contributed by atoms with van der Waals surface area (Å²) in [5, 5.41) is 10.5. The third-order valence-electron chi connectivity index (χ3n) is 5.61. The number of hydrogen-bond acceptors (Lipinski definition) is 4. The average molecular weight is 393 g/mol. The first-order valence-electron chi connectivity index (χ1n) is 9.53. The molecule has 0 bridgehead atoms. The summed E-state index contributed by atoms with van der Waals surface area (Å²) in [4.78, 5) is 3.50. The molecule has 2 aromatic carbocycles. The van der Waals surface area contributed by atoms with Gasteiger partial charge in [-0.05, 0) is 41.5 Å². The zero-order valence-corrected chi connectivity index (χ0v) is 17.1. The number of aromatic nitrogens is 1. The number of rotatable bonds is 6. The number of fused-ring (bicyclic) bond motifs is 2.